The van der Waals surface area contributed by atoms with Gasteiger partial charge in [-0.2, -0.15) is 0 Å². The molecule has 4 rings (SSSR count). The molecular weight excluding hydrogens is 401 g/mol. The molecule has 170 valence electrons. The minimum Gasteiger partial charge on any atom is -0.453 e. The Morgan fingerprint density at radius 3 is 2.32 bits per heavy atom. The minimum absolute atomic E-state index is 0.00719. The third-order valence-corrected chi connectivity index (χ3v) is 7.24. The zero-order chi connectivity index (χ0) is 22.2. The third-order valence-electron chi connectivity index (χ3n) is 7.24. The van der Waals surface area contributed by atoms with Crippen molar-refractivity contribution in [1.29, 1.82) is 0 Å². The molecule has 2 aliphatic carbocycles. The molecule has 1 N–H and O–H groups in total. The summed E-state index contributed by atoms with van der Waals surface area (Å²) in [4.78, 5) is 30.4. The first-order chi connectivity index (χ1) is 14.9. The van der Waals surface area contributed by atoms with Crippen LogP contribution in [0, 0.1) is 5.82 Å². The van der Waals surface area contributed by atoms with Gasteiger partial charge in [0.2, 0.25) is 5.91 Å². The van der Waals surface area contributed by atoms with E-state index in [2.05, 4.69) is 0 Å². The quantitative estimate of drug-likeness (QED) is 0.790. The standard InChI is InChI=1S/C23H32FN3O4/c1-25(16-3-6-18(28)7-4-16)21(29)23(9-10-23)19-8-5-17(15-20(19)24)26-11-13-27(14-12-26)22(30)31-2/h5,8,15-16,18,28H,3-4,6-7,9-14H2,1-2H3. The van der Waals surface area contributed by atoms with Crippen molar-refractivity contribution < 1.29 is 23.8 Å². The molecular formula is C23H32FN3O4. The van der Waals surface area contributed by atoms with Crippen molar-refractivity contribution in [2.24, 2.45) is 0 Å². The Labute approximate surface area is 182 Å². The van der Waals surface area contributed by atoms with Crippen molar-refractivity contribution in [2.45, 2.75) is 56.1 Å². The van der Waals surface area contributed by atoms with E-state index in [0.717, 1.165) is 18.5 Å². The number of rotatable bonds is 4. The summed E-state index contributed by atoms with van der Waals surface area (Å²) in [7, 11) is 3.19. The van der Waals surface area contributed by atoms with Gasteiger partial charge in [-0.15, -0.1) is 0 Å². The van der Waals surface area contributed by atoms with Crippen LogP contribution >= 0.6 is 0 Å². The highest BCUT2D eigenvalue weighted by atomic mass is 19.1. The first kappa shape index (κ1) is 21.9. The van der Waals surface area contributed by atoms with Gasteiger partial charge in [-0.1, -0.05) is 6.07 Å². The zero-order valence-corrected chi connectivity index (χ0v) is 18.3. The summed E-state index contributed by atoms with van der Waals surface area (Å²) >= 11 is 0. The number of halogens is 1. The summed E-state index contributed by atoms with van der Waals surface area (Å²) in [6.45, 7) is 2.27. The fourth-order valence-corrected chi connectivity index (χ4v) is 5.04. The van der Waals surface area contributed by atoms with E-state index in [0.29, 0.717) is 57.4 Å². The number of piperazine rings is 1. The van der Waals surface area contributed by atoms with Crippen LogP contribution in [0.5, 0.6) is 0 Å². The Morgan fingerprint density at radius 1 is 1.13 bits per heavy atom. The highest BCUT2D eigenvalue weighted by Crippen LogP contribution is 2.51. The summed E-state index contributed by atoms with van der Waals surface area (Å²) < 4.78 is 20.0. The number of aliphatic hydroxyl groups excluding tert-OH is 1. The molecule has 2 saturated carbocycles. The van der Waals surface area contributed by atoms with E-state index in [1.165, 1.54) is 13.2 Å². The number of hydrogen-bond acceptors (Lipinski definition) is 5. The predicted molar refractivity (Wildman–Crippen MR) is 115 cm³/mol. The van der Waals surface area contributed by atoms with Crippen molar-refractivity contribution in [3.63, 3.8) is 0 Å². The predicted octanol–water partition coefficient (Wildman–Crippen LogP) is 2.51. The molecule has 31 heavy (non-hydrogen) atoms. The molecule has 1 aromatic rings. The molecule has 3 fully saturated rings. The molecule has 3 aliphatic rings. The maximum atomic E-state index is 15.2. The number of aliphatic hydroxyl groups is 1. The van der Waals surface area contributed by atoms with Crippen molar-refractivity contribution in [3.8, 4) is 0 Å². The zero-order valence-electron chi connectivity index (χ0n) is 18.3. The lowest BCUT2D eigenvalue weighted by molar-refractivity contribution is -0.135. The van der Waals surface area contributed by atoms with E-state index in [4.69, 9.17) is 4.74 Å². The Kier molecular flexibility index (Phi) is 6.10. The van der Waals surface area contributed by atoms with Crippen LogP contribution in [0.25, 0.3) is 0 Å². The second-order valence-corrected chi connectivity index (χ2v) is 9.07. The molecule has 8 heteroatoms. The van der Waals surface area contributed by atoms with Crippen molar-refractivity contribution in [2.75, 3.05) is 45.2 Å². The fraction of sp³-hybridized carbons (Fsp3) is 0.652. The van der Waals surface area contributed by atoms with Crippen LogP contribution in [0.1, 0.15) is 44.1 Å². The number of ether oxygens (including phenoxy) is 1. The van der Waals surface area contributed by atoms with E-state index in [9.17, 15) is 14.7 Å². The average Bonchev–Trinajstić information content (AvgIpc) is 3.60. The van der Waals surface area contributed by atoms with Gasteiger partial charge in [0.05, 0.1) is 18.6 Å². The van der Waals surface area contributed by atoms with E-state index in [1.54, 1.807) is 15.9 Å². The van der Waals surface area contributed by atoms with E-state index < -0.39 is 5.41 Å². The summed E-state index contributed by atoms with van der Waals surface area (Å²) in [5.74, 6) is -0.349. The van der Waals surface area contributed by atoms with Crippen molar-refractivity contribution >= 4 is 17.7 Å². The van der Waals surface area contributed by atoms with Crippen LogP contribution in [0.3, 0.4) is 0 Å². The number of likely N-dealkylation sites (N-methyl/N-ethyl adjacent to an activating group) is 1. The lowest BCUT2D eigenvalue weighted by Gasteiger charge is -2.36. The van der Waals surface area contributed by atoms with E-state index >= 15 is 4.39 Å². The van der Waals surface area contributed by atoms with Crippen molar-refractivity contribution in [1.82, 2.24) is 9.80 Å². The number of anilines is 1. The Bertz CT molecular complexity index is 828. The van der Waals surface area contributed by atoms with Gasteiger partial charge >= 0.3 is 6.09 Å². The van der Waals surface area contributed by atoms with Gasteiger partial charge in [-0.3, -0.25) is 4.79 Å². The normalized spacial score (nSPS) is 25.2. The van der Waals surface area contributed by atoms with Gasteiger partial charge in [0.1, 0.15) is 5.82 Å². The van der Waals surface area contributed by atoms with Crippen molar-refractivity contribution in [3.05, 3.63) is 29.6 Å². The van der Waals surface area contributed by atoms with Gasteiger partial charge in [0.25, 0.3) is 0 Å². The second-order valence-electron chi connectivity index (χ2n) is 9.07. The smallest absolute Gasteiger partial charge is 0.409 e. The Hall–Kier alpha value is -2.35. The van der Waals surface area contributed by atoms with E-state index in [1.807, 2.05) is 18.0 Å². The van der Waals surface area contributed by atoms with Gasteiger partial charge in [-0.05, 0) is 50.7 Å². The van der Waals surface area contributed by atoms with Crippen LogP contribution in [-0.4, -0.2) is 79.4 Å². The molecule has 1 saturated heterocycles. The maximum Gasteiger partial charge on any atom is 0.409 e. The molecule has 1 heterocycles. The van der Waals surface area contributed by atoms with E-state index in [-0.39, 0.29) is 30.0 Å². The summed E-state index contributed by atoms with van der Waals surface area (Å²) in [5, 5.41) is 9.74. The van der Waals surface area contributed by atoms with Crippen LogP contribution in [-0.2, 0) is 14.9 Å². The highest BCUT2D eigenvalue weighted by molar-refractivity contribution is 5.91. The molecule has 1 aliphatic heterocycles. The molecule has 1 aromatic carbocycles. The first-order valence-electron chi connectivity index (χ1n) is 11.2. The van der Waals surface area contributed by atoms with Gasteiger partial charge in [-0.25, -0.2) is 9.18 Å². The van der Waals surface area contributed by atoms with Crippen LogP contribution in [0.15, 0.2) is 18.2 Å². The number of nitrogens with zero attached hydrogens (tertiary/aromatic N) is 3. The molecule has 0 radical (unpaired) electrons. The molecule has 2 amide bonds. The topological polar surface area (TPSA) is 73.3 Å². The van der Waals surface area contributed by atoms with Crippen LogP contribution in [0.4, 0.5) is 14.9 Å². The number of benzene rings is 1. The fourth-order valence-electron chi connectivity index (χ4n) is 5.04. The molecule has 0 spiro atoms. The third kappa shape index (κ3) is 4.22. The van der Waals surface area contributed by atoms with Gasteiger partial charge < -0.3 is 24.5 Å². The number of carbonyl (C=O) groups excluding carboxylic acids is 2. The summed E-state index contributed by atoms with van der Waals surface area (Å²) in [5.41, 5.74) is 0.498. The maximum absolute atomic E-state index is 15.2. The minimum atomic E-state index is -0.753. The molecule has 7 nitrogen and oxygen atoms in total. The number of carbonyl (C=O) groups is 2. The van der Waals surface area contributed by atoms with Gasteiger partial charge in [0, 0.05) is 50.5 Å². The average molecular weight is 434 g/mol. The number of hydrogen-bond donors (Lipinski definition) is 1. The SMILES string of the molecule is COC(=O)N1CCN(c2ccc(C3(C(=O)N(C)C4CCC(O)CC4)CC3)c(F)c2)CC1. The summed E-state index contributed by atoms with van der Waals surface area (Å²) in [6.07, 6.45) is 3.72. The second kappa shape index (κ2) is 8.65. The lowest BCUT2D eigenvalue weighted by Crippen LogP contribution is -2.48. The Balaban J connectivity index is 1.44. The molecule has 0 aromatic heterocycles. The largest absolute Gasteiger partial charge is 0.453 e. The number of methoxy groups -OCH3 is 1. The summed E-state index contributed by atoms with van der Waals surface area (Å²) in [6, 6.07) is 5.28. The lowest BCUT2D eigenvalue weighted by atomic mass is 9.89. The van der Waals surface area contributed by atoms with Crippen LogP contribution in [0.2, 0.25) is 0 Å². The monoisotopic (exact) mass is 433 g/mol. The first-order valence-corrected chi connectivity index (χ1v) is 11.2. The highest BCUT2D eigenvalue weighted by Gasteiger charge is 2.54. The Morgan fingerprint density at radius 2 is 1.77 bits per heavy atom. The van der Waals surface area contributed by atoms with Crippen LogP contribution < -0.4 is 4.90 Å². The molecule has 0 unspecified atom stereocenters. The molecule has 0 bridgehead atoms. The van der Waals surface area contributed by atoms with Gasteiger partial charge in [0.15, 0.2) is 0 Å². The number of amides is 2. The molecule has 0 atom stereocenters.